The van der Waals surface area contributed by atoms with E-state index in [9.17, 15) is 4.79 Å². The van der Waals surface area contributed by atoms with Gasteiger partial charge in [-0.2, -0.15) is 0 Å². The Hall–Kier alpha value is -0.610. The summed E-state index contributed by atoms with van der Waals surface area (Å²) in [6, 6.07) is 0.142. The van der Waals surface area contributed by atoms with Crippen molar-refractivity contribution in [1.82, 2.24) is 9.80 Å². The van der Waals surface area contributed by atoms with Crippen molar-refractivity contribution in [2.24, 2.45) is 5.73 Å². The van der Waals surface area contributed by atoms with E-state index in [4.69, 9.17) is 5.73 Å². The van der Waals surface area contributed by atoms with Gasteiger partial charge in [-0.1, -0.05) is 0 Å². The second-order valence-electron chi connectivity index (χ2n) is 3.98. The lowest BCUT2D eigenvalue weighted by atomic mass is 10.2. The Bertz CT molecular complexity index is 191. The molecule has 4 nitrogen and oxygen atoms in total. The van der Waals surface area contributed by atoms with Gasteiger partial charge in [0.1, 0.15) is 0 Å². The number of hydrogen-bond acceptors (Lipinski definition) is 3. The molecule has 2 N–H and O–H groups in total. The molecule has 4 heteroatoms. The Labute approximate surface area is 79.7 Å². The highest BCUT2D eigenvalue weighted by Gasteiger charge is 2.28. The predicted molar refractivity (Wildman–Crippen MR) is 52.3 cm³/mol. The van der Waals surface area contributed by atoms with E-state index in [1.54, 1.807) is 6.92 Å². The number of carbonyl (C=O) groups excluding carboxylic acids is 1. The molecule has 0 bridgehead atoms. The third kappa shape index (κ3) is 2.42. The number of rotatable bonds is 2. The Morgan fingerprint density at radius 2 is 2.23 bits per heavy atom. The topological polar surface area (TPSA) is 49.6 Å². The highest BCUT2D eigenvalue weighted by molar-refractivity contribution is 5.81. The Morgan fingerprint density at radius 1 is 1.62 bits per heavy atom. The molecule has 0 radical (unpaired) electrons. The zero-order valence-corrected chi connectivity index (χ0v) is 8.66. The first-order valence-electron chi connectivity index (χ1n) is 4.73. The molecule has 1 rings (SSSR count). The average molecular weight is 185 g/mol. The second kappa shape index (κ2) is 4.07. The number of likely N-dealkylation sites (tertiary alicyclic amines) is 1. The minimum atomic E-state index is -0.360. The minimum absolute atomic E-state index is 0.0735. The average Bonchev–Trinajstić information content (AvgIpc) is 2.50. The van der Waals surface area contributed by atoms with Crippen LogP contribution < -0.4 is 5.73 Å². The quantitative estimate of drug-likeness (QED) is 0.631. The summed E-state index contributed by atoms with van der Waals surface area (Å²) in [4.78, 5) is 15.5. The van der Waals surface area contributed by atoms with E-state index in [0.29, 0.717) is 6.04 Å². The van der Waals surface area contributed by atoms with Gasteiger partial charge in [-0.05, 0) is 27.4 Å². The summed E-state index contributed by atoms with van der Waals surface area (Å²) in [5, 5.41) is 0. The van der Waals surface area contributed by atoms with Crippen LogP contribution in [0.4, 0.5) is 0 Å². The molecule has 0 aromatic carbocycles. The predicted octanol–water partition coefficient (Wildman–Crippen LogP) is -0.504. The van der Waals surface area contributed by atoms with Crippen LogP contribution in [-0.4, -0.2) is 55.0 Å². The normalized spacial score (nSPS) is 25.3. The lowest BCUT2D eigenvalue weighted by molar-refractivity contribution is -0.131. The number of amides is 1. The largest absolute Gasteiger partial charge is 0.340 e. The summed E-state index contributed by atoms with van der Waals surface area (Å²) in [6.07, 6.45) is 1.06. The third-order valence-electron chi connectivity index (χ3n) is 2.59. The van der Waals surface area contributed by atoms with Gasteiger partial charge in [-0.25, -0.2) is 0 Å². The standard InChI is InChI=1S/C9H19N3O/c1-7(10)9(13)12-5-4-8(6-12)11(2)3/h7-8H,4-6,10H2,1-3H3/t7?,8-/m0/s1. The lowest BCUT2D eigenvalue weighted by Crippen LogP contribution is -2.42. The maximum atomic E-state index is 11.5. The Kier molecular flexibility index (Phi) is 3.27. The monoisotopic (exact) mass is 185 g/mol. The molecular formula is C9H19N3O. The summed E-state index contributed by atoms with van der Waals surface area (Å²) in [6.45, 7) is 3.42. The third-order valence-corrected chi connectivity index (χ3v) is 2.59. The van der Waals surface area contributed by atoms with Crippen molar-refractivity contribution < 1.29 is 4.79 Å². The molecule has 2 atom stereocenters. The summed E-state index contributed by atoms with van der Waals surface area (Å²) >= 11 is 0. The van der Waals surface area contributed by atoms with Gasteiger partial charge in [0.2, 0.25) is 5.91 Å². The highest BCUT2D eigenvalue weighted by Crippen LogP contribution is 2.13. The van der Waals surface area contributed by atoms with Crippen LogP contribution in [-0.2, 0) is 4.79 Å². The lowest BCUT2D eigenvalue weighted by Gasteiger charge is -2.21. The first-order valence-corrected chi connectivity index (χ1v) is 4.73. The number of hydrogen-bond donors (Lipinski definition) is 1. The van der Waals surface area contributed by atoms with Crippen molar-refractivity contribution >= 4 is 5.91 Å². The van der Waals surface area contributed by atoms with Gasteiger partial charge >= 0.3 is 0 Å². The van der Waals surface area contributed by atoms with E-state index in [2.05, 4.69) is 4.90 Å². The molecular weight excluding hydrogens is 166 g/mol. The molecule has 1 aliphatic rings. The molecule has 1 fully saturated rings. The van der Waals surface area contributed by atoms with Crippen LogP contribution >= 0.6 is 0 Å². The molecule has 0 spiro atoms. The number of likely N-dealkylation sites (N-methyl/N-ethyl adjacent to an activating group) is 1. The molecule has 1 unspecified atom stereocenters. The zero-order chi connectivity index (χ0) is 10.0. The van der Waals surface area contributed by atoms with Gasteiger partial charge in [0.25, 0.3) is 0 Å². The van der Waals surface area contributed by atoms with Crippen molar-refractivity contribution in [3.8, 4) is 0 Å². The van der Waals surface area contributed by atoms with Crippen LogP contribution in [0.1, 0.15) is 13.3 Å². The first kappa shape index (κ1) is 10.5. The Morgan fingerprint density at radius 3 is 2.62 bits per heavy atom. The maximum absolute atomic E-state index is 11.5. The van der Waals surface area contributed by atoms with E-state index in [1.165, 1.54) is 0 Å². The Balaban J connectivity index is 2.45. The summed E-state index contributed by atoms with van der Waals surface area (Å²) < 4.78 is 0. The molecule has 1 amide bonds. The fourth-order valence-corrected chi connectivity index (χ4v) is 1.65. The fourth-order valence-electron chi connectivity index (χ4n) is 1.65. The van der Waals surface area contributed by atoms with Crippen molar-refractivity contribution in [3.05, 3.63) is 0 Å². The van der Waals surface area contributed by atoms with E-state index >= 15 is 0 Å². The molecule has 76 valence electrons. The molecule has 1 aliphatic heterocycles. The highest BCUT2D eigenvalue weighted by atomic mass is 16.2. The van der Waals surface area contributed by atoms with Gasteiger partial charge in [0, 0.05) is 19.1 Å². The number of nitrogens with two attached hydrogens (primary N) is 1. The summed E-state index contributed by atoms with van der Waals surface area (Å²) in [5.41, 5.74) is 5.53. The molecule has 1 heterocycles. The van der Waals surface area contributed by atoms with Crippen LogP contribution in [0.15, 0.2) is 0 Å². The van der Waals surface area contributed by atoms with Crippen LogP contribution in [0.3, 0.4) is 0 Å². The molecule has 1 saturated heterocycles. The van der Waals surface area contributed by atoms with E-state index in [-0.39, 0.29) is 11.9 Å². The first-order chi connectivity index (χ1) is 6.02. The van der Waals surface area contributed by atoms with Gasteiger partial charge in [-0.15, -0.1) is 0 Å². The van der Waals surface area contributed by atoms with Crippen molar-refractivity contribution in [2.45, 2.75) is 25.4 Å². The minimum Gasteiger partial charge on any atom is -0.340 e. The van der Waals surface area contributed by atoms with Crippen LogP contribution in [0.5, 0.6) is 0 Å². The van der Waals surface area contributed by atoms with Crippen molar-refractivity contribution in [1.29, 1.82) is 0 Å². The molecule has 0 aliphatic carbocycles. The summed E-state index contributed by atoms with van der Waals surface area (Å²) in [7, 11) is 4.09. The maximum Gasteiger partial charge on any atom is 0.239 e. The SMILES string of the molecule is CC(N)C(=O)N1CC[C@H](N(C)C)C1. The smallest absolute Gasteiger partial charge is 0.239 e. The molecule has 0 aromatic heterocycles. The zero-order valence-electron chi connectivity index (χ0n) is 8.66. The number of nitrogens with zero attached hydrogens (tertiary/aromatic N) is 2. The van der Waals surface area contributed by atoms with Gasteiger partial charge < -0.3 is 15.5 Å². The molecule has 13 heavy (non-hydrogen) atoms. The molecule has 0 saturated carbocycles. The van der Waals surface area contributed by atoms with Gasteiger partial charge in [0.15, 0.2) is 0 Å². The van der Waals surface area contributed by atoms with Crippen molar-refractivity contribution in [2.75, 3.05) is 27.2 Å². The van der Waals surface area contributed by atoms with Crippen LogP contribution in [0.2, 0.25) is 0 Å². The molecule has 0 aromatic rings. The van der Waals surface area contributed by atoms with E-state index in [0.717, 1.165) is 19.5 Å². The second-order valence-corrected chi connectivity index (χ2v) is 3.98. The summed E-state index contributed by atoms with van der Waals surface area (Å²) in [5.74, 6) is 0.0735. The van der Waals surface area contributed by atoms with Gasteiger partial charge in [-0.3, -0.25) is 4.79 Å². The van der Waals surface area contributed by atoms with Crippen molar-refractivity contribution in [3.63, 3.8) is 0 Å². The van der Waals surface area contributed by atoms with E-state index < -0.39 is 0 Å². The van der Waals surface area contributed by atoms with Gasteiger partial charge in [0.05, 0.1) is 6.04 Å². The van der Waals surface area contributed by atoms with Crippen LogP contribution in [0.25, 0.3) is 0 Å². The fraction of sp³-hybridized carbons (Fsp3) is 0.889. The van der Waals surface area contributed by atoms with E-state index in [1.807, 2.05) is 19.0 Å². The number of carbonyl (C=O) groups is 1. The van der Waals surface area contributed by atoms with Crippen LogP contribution in [0, 0.1) is 0 Å².